The second-order valence-corrected chi connectivity index (χ2v) is 7.71. The summed E-state index contributed by atoms with van der Waals surface area (Å²) in [5, 5.41) is 7.19. The van der Waals surface area contributed by atoms with Crippen LogP contribution in [0.25, 0.3) is 11.4 Å². The zero-order chi connectivity index (χ0) is 18.6. The van der Waals surface area contributed by atoms with Crippen molar-refractivity contribution in [2.75, 3.05) is 0 Å². The van der Waals surface area contributed by atoms with Crippen LogP contribution in [-0.2, 0) is 11.8 Å². The summed E-state index contributed by atoms with van der Waals surface area (Å²) in [4.78, 5) is 20.9. The van der Waals surface area contributed by atoms with Gasteiger partial charge in [0.05, 0.1) is 12.2 Å². The van der Waals surface area contributed by atoms with Crippen LogP contribution < -0.4 is 5.32 Å². The third-order valence-corrected chi connectivity index (χ3v) is 5.57. The van der Waals surface area contributed by atoms with E-state index in [0.717, 1.165) is 42.7 Å². The van der Waals surface area contributed by atoms with Gasteiger partial charge in [-0.25, -0.2) is 4.98 Å². The van der Waals surface area contributed by atoms with Crippen LogP contribution in [0.3, 0.4) is 0 Å². The average Bonchev–Trinajstić information content (AvgIpc) is 3.07. The van der Waals surface area contributed by atoms with Crippen molar-refractivity contribution in [3.63, 3.8) is 0 Å². The van der Waals surface area contributed by atoms with E-state index >= 15 is 0 Å². The molecule has 0 spiro atoms. The number of carbonyl (C=O) groups excluding carboxylic acids is 1. The summed E-state index contributed by atoms with van der Waals surface area (Å²) < 4.78 is 10.8. The van der Waals surface area contributed by atoms with Crippen LogP contribution in [0.4, 0.5) is 0 Å². The molecule has 1 atom stereocenters. The van der Waals surface area contributed by atoms with Crippen molar-refractivity contribution in [2.24, 2.45) is 0 Å². The molecular weight excluding hydrogens is 344 g/mol. The number of hydrogen-bond acceptors (Lipinski definition) is 6. The molecule has 2 aliphatic rings. The fraction of sp³-hybridized carbons (Fsp3) is 0.400. The standard InChI is InChI=1S/C20H20N4O3/c1-11-21-10-16(26-11)18(25)22-15-6-4-12-9-13(3-5-14(12)15)17-23-19(27-24-17)20(2)7-8-20/h3,5,9-10,15H,4,6-8H2,1-2H3,(H,22,25)/t15-/m1/s1. The van der Waals surface area contributed by atoms with Crippen LogP contribution in [0.5, 0.6) is 0 Å². The minimum Gasteiger partial charge on any atom is -0.436 e. The second-order valence-electron chi connectivity index (χ2n) is 7.71. The number of nitrogens with zero attached hydrogens (tertiary/aromatic N) is 3. The minimum absolute atomic E-state index is 0.0295. The number of benzene rings is 1. The van der Waals surface area contributed by atoms with Gasteiger partial charge >= 0.3 is 0 Å². The van der Waals surface area contributed by atoms with Gasteiger partial charge in [0.1, 0.15) is 0 Å². The Hall–Kier alpha value is -2.96. The summed E-state index contributed by atoms with van der Waals surface area (Å²) >= 11 is 0. The normalized spacial score (nSPS) is 19.7. The number of nitrogens with one attached hydrogen (secondary N) is 1. The molecule has 2 heterocycles. The van der Waals surface area contributed by atoms with Crippen LogP contribution in [0.1, 0.15) is 65.7 Å². The van der Waals surface area contributed by atoms with Crippen LogP contribution in [0.15, 0.2) is 33.3 Å². The Balaban J connectivity index is 1.35. The van der Waals surface area contributed by atoms with E-state index in [4.69, 9.17) is 8.94 Å². The second kappa shape index (κ2) is 5.77. The predicted octanol–water partition coefficient (Wildman–Crippen LogP) is 3.50. The van der Waals surface area contributed by atoms with E-state index in [2.05, 4.69) is 33.4 Å². The molecule has 1 aromatic carbocycles. The molecule has 2 aromatic heterocycles. The predicted molar refractivity (Wildman–Crippen MR) is 96.1 cm³/mol. The number of aryl methyl sites for hydroxylation is 2. The molecule has 3 aromatic rings. The number of aromatic nitrogens is 3. The number of carbonyl (C=O) groups is 1. The van der Waals surface area contributed by atoms with Crippen molar-refractivity contribution < 1.29 is 13.7 Å². The topological polar surface area (TPSA) is 94.1 Å². The summed E-state index contributed by atoms with van der Waals surface area (Å²) in [6.07, 6.45) is 5.41. The Kier molecular flexibility index (Phi) is 3.47. The maximum atomic E-state index is 12.3. The fourth-order valence-corrected chi connectivity index (χ4v) is 3.59. The van der Waals surface area contributed by atoms with Crippen molar-refractivity contribution in [1.82, 2.24) is 20.4 Å². The third-order valence-electron chi connectivity index (χ3n) is 5.57. The monoisotopic (exact) mass is 364 g/mol. The van der Waals surface area contributed by atoms with Crippen molar-refractivity contribution in [3.8, 4) is 11.4 Å². The van der Waals surface area contributed by atoms with E-state index in [1.165, 1.54) is 11.8 Å². The number of fused-ring (bicyclic) bond motifs is 1. The quantitative estimate of drug-likeness (QED) is 0.761. The Labute approximate surface area is 156 Å². The summed E-state index contributed by atoms with van der Waals surface area (Å²) in [7, 11) is 0. The number of hydrogen-bond donors (Lipinski definition) is 1. The lowest BCUT2D eigenvalue weighted by Gasteiger charge is -2.13. The fourth-order valence-electron chi connectivity index (χ4n) is 3.59. The lowest BCUT2D eigenvalue weighted by atomic mass is 10.0. The van der Waals surface area contributed by atoms with Gasteiger partial charge in [0.2, 0.25) is 17.5 Å². The van der Waals surface area contributed by atoms with Crippen LogP contribution in [0.2, 0.25) is 0 Å². The van der Waals surface area contributed by atoms with E-state index in [1.54, 1.807) is 6.92 Å². The van der Waals surface area contributed by atoms with Gasteiger partial charge in [-0.05, 0) is 42.9 Å². The molecule has 1 fully saturated rings. The molecule has 0 unspecified atom stereocenters. The summed E-state index contributed by atoms with van der Waals surface area (Å²) in [6.45, 7) is 3.87. The van der Waals surface area contributed by atoms with Gasteiger partial charge in [-0.1, -0.05) is 24.2 Å². The first kappa shape index (κ1) is 16.2. The van der Waals surface area contributed by atoms with Crippen molar-refractivity contribution in [1.29, 1.82) is 0 Å². The molecule has 1 saturated carbocycles. The molecule has 1 N–H and O–H groups in total. The zero-order valence-electron chi connectivity index (χ0n) is 15.3. The highest BCUT2D eigenvalue weighted by atomic mass is 16.5. The van der Waals surface area contributed by atoms with Crippen LogP contribution >= 0.6 is 0 Å². The van der Waals surface area contributed by atoms with E-state index in [0.29, 0.717) is 11.7 Å². The molecule has 0 aliphatic heterocycles. The van der Waals surface area contributed by atoms with Crippen molar-refractivity contribution in [3.05, 3.63) is 53.1 Å². The van der Waals surface area contributed by atoms with Crippen LogP contribution in [-0.4, -0.2) is 21.0 Å². The molecule has 5 rings (SSSR count). The SMILES string of the molecule is Cc1ncc(C(=O)N[C@@H]2CCc3cc(-c4noc(C5(C)CC5)n4)ccc32)o1. The van der Waals surface area contributed by atoms with Crippen molar-refractivity contribution in [2.45, 2.75) is 51.0 Å². The van der Waals surface area contributed by atoms with Crippen molar-refractivity contribution >= 4 is 5.91 Å². The molecule has 7 heteroatoms. The highest BCUT2D eigenvalue weighted by Gasteiger charge is 2.44. The largest absolute Gasteiger partial charge is 0.436 e. The van der Waals surface area contributed by atoms with Gasteiger partial charge in [-0.2, -0.15) is 4.98 Å². The Morgan fingerprint density at radius 2 is 2.19 bits per heavy atom. The molecule has 7 nitrogen and oxygen atoms in total. The molecule has 27 heavy (non-hydrogen) atoms. The zero-order valence-corrected chi connectivity index (χ0v) is 15.3. The maximum absolute atomic E-state index is 12.3. The van der Waals surface area contributed by atoms with Crippen LogP contribution in [0, 0.1) is 6.92 Å². The first-order valence-electron chi connectivity index (χ1n) is 9.22. The average molecular weight is 364 g/mol. The number of rotatable bonds is 4. The number of amides is 1. The Morgan fingerprint density at radius 1 is 1.33 bits per heavy atom. The maximum Gasteiger partial charge on any atom is 0.289 e. The highest BCUT2D eigenvalue weighted by Crippen LogP contribution is 2.47. The first-order valence-corrected chi connectivity index (χ1v) is 9.22. The molecule has 2 aliphatic carbocycles. The lowest BCUT2D eigenvalue weighted by molar-refractivity contribution is 0.0907. The lowest BCUT2D eigenvalue weighted by Crippen LogP contribution is -2.26. The van der Waals surface area contributed by atoms with Gasteiger partial charge in [0.15, 0.2) is 5.89 Å². The first-order chi connectivity index (χ1) is 13.0. The Morgan fingerprint density at radius 3 is 2.93 bits per heavy atom. The van der Waals surface area contributed by atoms with Gasteiger partial charge in [-0.15, -0.1) is 0 Å². The summed E-state index contributed by atoms with van der Waals surface area (Å²) in [5.41, 5.74) is 3.35. The molecule has 1 amide bonds. The molecule has 0 saturated heterocycles. The summed E-state index contributed by atoms with van der Waals surface area (Å²) in [6, 6.07) is 6.11. The highest BCUT2D eigenvalue weighted by molar-refractivity contribution is 5.91. The van der Waals surface area contributed by atoms with Gasteiger partial charge in [0, 0.05) is 17.9 Å². The molecule has 138 valence electrons. The van der Waals surface area contributed by atoms with E-state index in [-0.39, 0.29) is 23.1 Å². The Bertz CT molecular complexity index is 1030. The van der Waals surface area contributed by atoms with E-state index in [9.17, 15) is 4.79 Å². The van der Waals surface area contributed by atoms with Gasteiger partial charge in [0.25, 0.3) is 5.91 Å². The minimum atomic E-state index is -0.238. The number of oxazole rings is 1. The van der Waals surface area contributed by atoms with Gasteiger partial charge < -0.3 is 14.3 Å². The van der Waals surface area contributed by atoms with Gasteiger partial charge in [-0.3, -0.25) is 4.79 Å². The molecule has 0 bridgehead atoms. The smallest absolute Gasteiger partial charge is 0.289 e. The third kappa shape index (κ3) is 2.83. The van der Waals surface area contributed by atoms with E-state index in [1.807, 2.05) is 12.1 Å². The molecular formula is C20H20N4O3. The van der Waals surface area contributed by atoms with E-state index < -0.39 is 0 Å². The molecule has 0 radical (unpaired) electrons. The summed E-state index contributed by atoms with van der Waals surface area (Å²) in [5.74, 6) is 1.84.